The van der Waals surface area contributed by atoms with Crippen molar-refractivity contribution in [1.82, 2.24) is 5.32 Å². The predicted octanol–water partition coefficient (Wildman–Crippen LogP) is 5.65. The molecule has 2 amide bonds. The van der Waals surface area contributed by atoms with Crippen molar-refractivity contribution >= 4 is 28.8 Å². The first-order valence-electron chi connectivity index (χ1n) is 11.1. The van der Waals surface area contributed by atoms with Gasteiger partial charge < -0.3 is 5.32 Å². The minimum atomic E-state index is -0.838. The largest absolute Gasteiger partial charge is 0.351 e. The van der Waals surface area contributed by atoms with E-state index in [1.54, 1.807) is 12.1 Å². The number of benzene rings is 2. The molecule has 1 heterocycles. The monoisotopic (exact) mass is 450 g/mol. The average molecular weight is 451 g/mol. The van der Waals surface area contributed by atoms with Crippen LogP contribution in [-0.4, -0.2) is 17.9 Å². The average Bonchev–Trinajstić information content (AvgIpc) is 3.32. The Hall–Kier alpha value is -2.99. The molecular weight excluding hydrogens is 423 g/mol. The Kier molecular flexibility index (Phi) is 7.32. The van der Waals surface area contributed by atoms with Crippen molar-refractivity contribution in [2.24, 2.45) is 0 Å². The Balaban J connectivity index is 1.71. The van der Waals surface area contributed by atoms with Crippen LogP contribution in [0.4, 0.5) is 10.1 Å². The molecule has 0 spiro atoms. The van der Waals surface area contributed by atoms with Crippen LogP contribution in [-0.2, 0) is 16.0 Å². The Morgan fingerprint density at radius 3 is 2.38 bits per heavy atom. The lowest BCUT2D eigenvalue weighted by Gasteiger charge is -2.33. The molecule has 1 atom stereocenters. The van der Waals surface area contributed by atoms with E-state index in [1.807, 2.05) is 47.2 Å². The molecule has 1 saturated carbocycles. The smallest absolute Gasteiger partial charge is 0.248 e. The molecule has 1 aliphatic rings. The third-order valence-corrected chi connectivity index (χ3v) is 6.61. The highest BCUT2D eigenvalue weighted by Gasteiger charge is 2.34. The standard InChI is InChI=1S/C26H27FN2O2S/c27-21-11-13-23(14-12-21)29(24(30)17-19-15-16-32-18-19)25(20-7-3-1-4-8-20)26(31)28-22-9-5-2-6-10-22/h1,3-4,7-8,11-16,18,22,25H,2,5-6,9-10,17H2,(H,28,31)/t25-/m0/s1. The molecule has 1 N–H and O–H groups in total. The molecule has 1 fully saturated rings. The van der Waals surface area contributed by atoms with Gasteiger partial charge in [-0.15, -0.1) is 0 Å². The van der Waals surface area contributed by atoms with E-state index >= 15 is 0 Å². The Morgan fingerprint density at radius 2 is 1.72 bits per heavy atom. The summed E-state index contributed by atoms with van der Waals surface area (Å²) in [4.78, 5) is 28.7. The summed E-state index contributed by atoms with van der Waals surface area (Å²) in [5.74, 6) is -0.796. The SMILES string of the molecule is O=C(NC1CCCCC1)[C@H](c1ccccc1)N(C(=O)Cc1ccsc1)c1ccc(F)cc1. The third kappa shape index (κ3) is 5.43. The van der Waals surface area contributed by atoms with Gasteiger partial charge in [-0.3, -0.25) is 14.5 Å². The molecule has 6 heteroatoms. The lowest BCUT2D eigenvalue weighted by atomic mass is 9.94. The fourth-order valence-corrected chi connectivity index (χ4v) is 4.94. The molecule has 2 aromatic carbocycles. The summed E-state index contributed by atoms with van der Waals surface area (Å²) < 4.78 is 13.7. The van der Waals surface area contributed by atoms with Crippen molar-refractivity contribution in [1.29, 1.82) is 0 Å². The number of halogens is 1. The molecule has 0 radical (unpaired) electrons. The number of carbonyl (C=O) groups is 2. The maximum Gasteiger partial charge on any atom is 0.248 e. The van der Waals surface area contributed by atoms with E-state index in [4.69, 9.17) is 0 Å². The van der Waals surface area contributed by atoms with E-state index in [1.165, 1.54) is 34.8 Å². The van der Waals surface area contributed by atoms with Gasteiger partial charge >= 0.3 is 0 Å². The zero-order chi connectivity index (χ0) is 22.3. The van der Waals surface area contributed by atoms with Crippen molar-refractivity contribution in [3.05, 3.63) is 88.4 Å². The summed E-state index contributed by atoms with van der Waals surface area (Å²) in [5, 5.41) is 7.04. The van der Waals surface area contributed by atoms with Crippen molar-refractivity contribution in [3.8, 4) is 0 Å². The van der Waals surface area contributed by atoms with E-state index in [-0.39, 0.29) is 30.1 Å². The molecule has 32 heavy (non-hydrogen) atoms. The first kappa shape index (κ1) is 22.2. The van der Waals surface area contributed by atoms with Gasteiger partial charge in [0, 0.05) is 11.7 Å². The number of nitrogens with one attached hydrogen (secondary N) is 1. The van der Waals surface area contributed by atoms with Gasteiger partial charge in [-0.1, -0.05) is 49.6 Å². The lowest BCUT2D eigenvalue weighted by Crippen LogP contribution is -2.47. The van der Waals surface area contributed by atoms with Crippen LogP contribution < -0.4 is 10.2 Å². The zero-order valence-corrected chi connectivity index (χ0v) is 18.7. The van der Waals surface area contributed by atoms with Gasteiger partial charge in [0.15, 0.2) is 0 Å². The number of hydrogen-bond acceptors (Lipinski definition) is 3. The normalized spacial score (nSPS) is 15.2. The fraction of sp³-hybridized carbons (Fsp3) is 0.308. The molecule has 0 unspecified atom stereocenters. The molecule has 166 valence electrons. The van der Waals surface area contributed by atoms with Gasteiger partial charge in [0.25, 0.3) is 0 Å². The topological polar surface area (TPSA) is 49.4 Å². The maximum absolute atomic E-state index is 13.7. The van der Waals surface area contributed by atoms with Crippen LogP contribution in [0.5, 0.6) is 0 Å². The van der Waals surface area contributed by atoms with E-state index in [0.29, 0.717) is 5.69 Å². The Morgan fingerprint density at radius 1 is 1.00 bits per heavy atom. The van der Waals surface area contributed by atoms with Gasteiger partial charge in [0.05, 0.1) is 6.42 Å². The van der Waals surface area contributed by atoms with E-state index < -0.39 is 6.04 Å². The van der Waals surface area contributed by atoms with Crippen LogP contribution in [0.15, 0.2) is 71.4 Å². The van der Waals surface area contributed by atoms with Crippen LogP contribution in [0.3, 0.4) is 0 Å². The van der Waals surface area contributed by atoms with Gasteiger partial charge in [0.1, 0.15) is 11.9 Å². The van der Waals surface area contributed by atoms with Crippen LogP contribution in [0.2, 0.25) is 0 Å². The Labute approximate surface area is 192 Å². The van der Waals surface area contributed by atoms with Gasteiger partial charge in [-0.25, -0.2) is 4.39 Å². The third-order valence-electron chi connectivity index (χ3n) is 5.88. The van der Waals surface area contributed by atoms with Crippen molar-refractivity contribution in [2.45, 2.75) is 50.6 Å². The van der Waals surface area contributed by atoms with E-state index in [2.05, 4.69) is 5.32 Å². The number of carbonyl (C=O) groups excluding carboxylic acids is 2. The second-order valence-corrected chi connectivity index (χ2v) is 8.99. The number of anilines is 1. The van der Waals surface area contributed by atoms with Gasteiger partial charge in [-0.2, -0.15) is 11.3 Å². The molecule has 4 rings (SSSR count). The lowest BCUT2D eigenvalue weighted by molar-refractivity contribution is -0.127. The number of rotatable bonds is 7. The first-order chi connectivity index (χ1) is 15.6. The molecule has 4 nitrogen and oxygen atoms in total. The number of hydrogen-bond donors (Lipinski definition) is 1. The summed E-state index contributed by atoms with van der Waals surface area (Å²) in [5.41, 5.74) is 2.12. The molecule has 1 aliphatic carbocycles. The van der Waals surface area contributed by atoms with E-state index in [9.17, 15) is 14.0 Å². The number of amides is 2. The van der Waals surface area contributed by atoms with Gasteiger partial charge in [-0.05, 0) is 65.1 Å². The molecule has 1 aromatic heterocycles. The highest BCUT2D eigenvalue weighted by Crippen LogP contribution is 2.30. The molecule has 0 saturated heterocycles. The predicted molar refractivity (Wildman–Crippen MR) is 126 cm³/mol. The second-order valence-electron chi connectivity index (χ2n) is 8.21. The van der Waals surface area contributed by atoms with Crippen molar-refractivity contribution in [3.63, 3.8) is 0 Å². The second kappa shape index (κ2) is 10.6. The minimum absolute atomic E-state index is 0.115. The summed E-state index contributed by atoms with van der Waals surface area (Å²) in [6.45, 7) is 0. The molecule has 3 aromatic rings. The fourth-order valence-electron chi connectivity index (χ4n) is 4.27. The van der Waals surface area contributed by atoms with Crippen LogP contribution in [0.25, 0.3) is 0 Å². The van der Waals surface area contributed by atoms with Crippen molar-refractivity contribution in [2.75, 3.05) is 4.90 Å². The van der Waals surface area contributed by atoms with Gasteiger partial charge in [0.2, 0.25) is 11.8 Å². The molecule has 0 aliphatic heterocycles. The summed E-state index contributed by atoms with van der Waals surface area (Å²) >= 11 is 1.53. The summed E-state index contributed by atoms with van der Waals surface area (Å²) in [7, 11) is 0. The van der Waals surface area contributed by atoms with Crippen LogP contribution >= 0.6 is 11.3 Å². The van der Waals surface area contributed by atoms with Crippen LogP contribution in [0.1, 0.15) is 49.3 Å². The highest BCUT2D eigenvalue weighted by molar-refractivity contribution is 7.08. The maximum atomic E-state index is 13.7. The highest BCUT2D eigenvalue weighted by atomic mass is 32.1. The number of nitrogens with zero attached hydrogens (tertiary/aromatic N) is 1. The van der Waals surface area contributed by atoms with Crippen LogP contribution in [0, 0.1) is 5.82 Å². The van der Waals surface area contributed by atoms with Crippen molar-refractivity contribution < 1.29 is 14.0 Å². The van der Waals surface area contributed by atoms with E-state index in [0.717, 1.165) is 36.8 Å². The summed E-state index contributed by atoms with van der Waals surface area (Å²) in [6.07, 6.45) is 5.45. The minimum Gasteiger partial charge on any atom is -0.351 e. The quantitative estimate of drug-likeness (QED) is 0.505. The molecule has 0 bridgehead atoms. The zero-order valence-electron chi connectivity index (χ0n) is 17.9. The number of thiophene rings is 1. The Bertz CT molecular complexity index is 1020. The first-order valence-corrected chi connectivity index (χ1v) is 12.0. The molecular formula is C26H27FN2O2S. The summed E-state index contributed by atoms with van der Waals surface area (Å²) in [6, 6.07) is 16.3.